The Balaban J connectivity index is 1.54. The van der Waals surface area contributed by atoms with E-state index in [-0.39, 0.29) is 17.7 Å². The Morgan fingerprint density at radius 1 is 0.935 bits per heavy atom. The van der Waals surface area contributed by atoms with E-state index >= 15 is 0 Å². The van der Waals surface area contributed by atoms with Crippen molar-refractivity contribution in [3.8, 4) is 5.75 Å². The van der Waals surface area contributed by atoms with Crippen LogP contribution in [0.3, 0.4) is 0 Å². The zero-order valence-electron chi connectivity index (χ0n) is 18.4. The average molecular weight is 425 g/mol. The smallest absolute Gasteiger partial charge is 0.321 e. The molecule has 2 N–H and O–H groups in total. The number of anilines is 2. The van der Waals surface area contributed by atoms with Crippen LogP contribution in [0.5, 0.6) is 5.75 Å². The number of carbonyl (C=O) groups is 2. The standard InChI is InChI=1S/C24H32N4O3/c1-3-13-27(14-4-2)23(30)19-9-11-20(12-10-19)25-24(31)28-17-15-26(16-18-28)21-7-5-6-8-22(21)29/h5-12,29H,3-4,13-18H2,1-2H3,(H,25,31). The number of aromatic hydroxyl groups is 1. The van der Waals surface area contributed by atoms with Gasteiger partial charge >= 0.3 is 6.03 Å². The van der Waals surface area contributed by atoms with Gasteiger partial charge in [-0.25, -0.2) is 4.79 Å². The predicted octanol–water partition coefficient (Wildman–Crippen LogP) is 4.01. The number of hydrogen-bond acceptors (Lipinski definition) is 4. The van der Waals surface area contributed by atoms with Crippen molar-refractivity contribution in [1.29, 1.82) is 0 Å². The molecule has 7 nitrogen and oxygen atoms in total. The normalized spacial score (nSPS) is 13.7. The van der Waals surface area contributed by atoms with Crippen LogP contribution < -0.4 is 10.2 Å². The largest absolute Gasteiger partial charge is 0.506 e. The molecule has 0 unspecified atom stereocenters. The highest BCUT2D eigenvalue weighted by molar-refractivity contribution is 5.95. The van der Waals surface area contributed by atoms with Crippen LogP contribution in [0.25, 0.3) is 0 Å². The lowest BCUT2D eigenvalue weighted by Crippen LogP contribution is -2.50. The highest BCUT2D eigenvalue weighted by Gasteiger charge is 2.23. The topological polar surface area (TPSA) is 76.1 Å². The molecule has 0 aromatic heterocycles. The molecule has 0 radical (unpaired) electrons. The lowest BCUT2D eigenvalue weighted by molar-refractivity contribution is 0.0755. The molecule has 0 atom stereocenters. The molecule has 3 amide bonds. The van der Waals surface area contributed by atoms with Crippen LogP contribution in [0.2, 0.25) is 0 Å². The van der Waals surface area contributed by atoms with Gasteiger partial charge in [0.15, 0.2) is 0 Å². The van der Waals surface area contributed by atoms with Gasteiger partial charge in [0.05, 0.1) is 5.69 Å². The van der Waals surface area contributed by atoms with Crippen LogP contribution in [0.15, 0.2) is 48.5 Å². The number of carbonyl (C=O) groups excluding carboxylic acids is 2. The first-order valence-electron chi connectivity index (χ1n) is 11.0. The summed E-state index contributed by atoms with van der Waals surface area (Å²) in [5, 5.41) is 12.9. The third-order valence-electron chi connectivity index (χ3n) is 5.45. The Kier molecular flexibility index (Phi) is 7.76. The molecule has 0 bridgehead atoms. The van der Waals surface area contributed by atoms with Crippen molar-refractivity contribution in [3.63, 3.8) is 0 Å². The van der Waals surface area contributed by atoms with E-state index in [2.05, 4.69) is 24.1 Å². The van der Waals surface area contributed by atoms with Crippen LogP contribution in [0, 0.1) is 0 Å². The van der Waals surface area contributed by atoms with Crippen LogP contribution >= 0.6 is 0 Å². The maximum absolute atomic E-state index is 12.7. The molecule has 2 aromatic carbocycles. The summed E-state index contributed by atoms with van der Waals surface area (Å²) in [5.74, 6) is 0.286. The molecule has 7 heteroatoms. The molecule has 31 heavy (non-hydrogen) atoms. The van der Waals surface area contributed by atoms with Crippen LogP contribution in [-0.4, -0.2) is 66.1 Å². The number of urea groups is 1. The molecule has 3 rings (SSSR count). The third-order valence-corrected chi connectivity index (χ3v) is 5.45. The van der Waals surface area contributed by atoms with Gasteiger partial charge in [-0.3, -0.25) is 4.79 Å². The summed E-state index contributed by atoms with van der Waals surface area (Å²) in [6, 6.07) is 14.2. The zero-order chi connectivity index (χ0) is 22.2. The molecular formula is C24H32N4O3. The number of hydrogen-bond donors (Lipinski definition) is 2. The maximum atomic E-state index is 12.7. The van der Waals surface area contributed by atoms with Crippen LogP contribution in [-0.2, 0) is 0 Å². The van der Waals surface area contributed by atoms with Gasteiger partial charge in [0, 0.05) is 50.5 Å². The first-order valence-corrected chi connectivity index (χ1v) is 11.0. The van der Waals surface area contributed by atoms with Gasteiger partial charge in [-0.2, -0.15) is 0 Å². The van der Waals surface area contributed by atoms with Crippen LogP contribution in [0.1, 0.15) is 37.0 Å². The van der Waals surface area contributed by atoms with Crippen molar-refractivity contribution in [1.82, 2.24) is 9.80 Å². The number of phenolic OH excluding ortho intramolecular Hbond substituents is 1. The Labute approximate surface area is 184 Å². The first kappa shape index (κ1) is 22.5. The van der Waals surface area contributed by atoms with E-state index in [1.54, 1.807) is 41.3 Å². The summed E-state index contributed by atoms with van der Waals surface area (Å²) in [5.41, 5.74) is 2.10. The molecule has 1 aliphatic heterocycles. The number of phenols is 1. The summed E-state index contributed by atoms with van der Waals surface area (Å²) in [6.45, 7) is 8.08. The number of nitrogens with zero attached hydrogens (tertiary/aromatic N) is 3. The van der Waals surface area contributed by atoms with E-state index < -0.39 is 0 Å². The van der Waals surface area contributed by atoms with Crippen LogP contribution in [0.4, 0.5) is 16.2 Å². The van der Waals surface area contributed by atoms with Crippen molar-refractivity contribution < 1.29 is 14.7 Å². The molecule has 2 aromatic rings. The monoisotopic (exact) mass is 424 g/mol. The van der Waals surface area contributed by atoms with Gasteiger partial charge < -0.3 is 25.1 Å². The Hall–Kier alpha value is -3.22. The minimum Gasteiger partial charge on any atom is -0.506 e. The highest BCUT2D eigenvalue weighted by atomic mass is 16.3. The van der Waals surface area contributed by atoms with E-state index in [9.17, 15) is 14.7 Å². The molecule has 0 spiro atoms. The van der Waals surface area contributed by atoms with E-state index in [1.807, 2.05) is 17.0 Å². The molecule has 0 aliphatic carbocycles. The Morgan fingerprint density at radius 3 is 2.13 bits per heavy atom. The molecule has 0 saturated carbocycles. The minimum absolute atomic E-state index is 0.0295. The molecule has 1 fully saturated rings. The maximum Gasteiger partial charge on any atom is 0.321 e. The SMILES string of the molecule is CCCN(CCC)C(=O)c1ccc(NC(=O)N2CCN(c3ccccc3O)CC2)cc1. The number of benzene rings is 2. The van der Waals surface area contributed by atoms with Gasteiger partial charge in [0.1, 0.15) is 5.75 Å². The lowest BCUT2D eigenvalue weighted by atomic mass is 10.1. The van der Waals surface area contributed by atoms with Crippen molar-refractivity contribution in [3.05, 3.63) is 54.1 Å². The summed E-state index contributed by atoms with van der Waals surface area (Å²) < 4.78 is 0. The molecular weight excluding hydrogens is 392 g/mol. The summed E-state index contributed by atoms with van der Waals surface area (Å²) >= 11 is 0. The van der Waals surface area contributed by atoms with E-state index in [1.165, 1.54) is 0 Å². The molecule has 1 heterocycles. The second-order valence-electron chi connectivity index (χ2n) is 7.76. The van der Waals surface area contributed by atoms with E-state index in [0.717, 1.165) is 31.6 Å². The fraction of sp³-hybridized carbons (Fsp3) is 0.417. The van der Waals surface area contributed by atoms with Crippen molar-refractivity contribution in [2.75, 3.05) is 49.5 Å². The lowest BCUT2D eigenvalue weighted by Gasteiger charge is -2.36. The number of rotatable bonds is 7. The zero-order valence-corrected chi connectivity index (χ0v) is 18.4. The van der Waals surface area contributed by atoms with Gasteiger partial charge in [0.25, 0.3) is 5.91 Å². The number of piperazine rings is 1. The van der Waals surface area contributed by atoms with Gasteiger partial charge in [0.2, 0.25) is 0 Å². The van der Waals surface area contributed by atoms with Gasteiger partial charge in [-0.15, -0.1) is 0 Å². The molecule has 1 saturated heterocycles. The number of para-hydroxylation sites is 2. The molecule has 166 valence electrons. The summed E-state index contributed by atoms with van der Waals surface area (Å²) in [4.78, 5) is 31.0. The fourth-order valence-corrected chi connectivity index (χ4v) is 3.82. The fourth-order valence-electron chi connectivity index (χ4n) is 3.82. The van der Waals surface area contributed by atoms with Gasteiger partial charge in [-0.05, 0) is 49.2 Å². The van der Waals surface area contributed by atoms with E-state index in [0.29, 0.717) is 37.4 Å². The third kappa shape index (κ3) is 5.69. The number of amides is 3. The number of nitrogens with one attached hydrogen (secondary N) is 1. The first-order chi connectivity index (χ1) is 15.0. The predicted molar refractivity (Wildman–Crippen MR) is 124 cm³/mol. The average Bonchev–Trinajstić information content (AvgIpc) is 2.79. The quantitative estimate of drug-likeness (QED) is 0.704. The van der Waals surface area contributed by atoms with Crippen molar-refractivity contribution in [2.24, 2.45) is 0 Å². The Morgan fingerprint density at radius 2 is 1.55 bits per heavy atom. The minimum atomic E-state index is -0.158. The Bertz CT molecular complexity index is 871. The second-order valence-corrected chi connectivity index (χ2v) is 7.76. The summed E-state index contributed by atoms with van der Waals surface area (Å²) in [7, 11) is 0. The van der Waals surface area contributed by atoms with Crippen molar-refractivity contribution >= 4 is 23.3 Å². The highest BCUT2D eigenvalue weighted by Crippen LogP contribution is 2.27. The van der Waals surface area contributed by atoms with E-state index in [4.69, 9.17) is 0 Å². The second kappa shape index (κ2) is 10.7. The van der Waals surface area contributed by atoms with Gasteiger partial charge in [-0.1, -0.05) is 26.0 Å². The molecule has 1 aliphatic rings. The van der Waals surface area contributed by atoms with Crippen molar-refractivity contribution in [2.45, 2.75) is 26.7 Å². The summed E-state index contributed by atoms with van der Waals surface area (Å²) in [6.07, 6.45) is 1.86.